The van der Waals surface area contributed by atoms with E-state index in [0.717, 1.165) is 12.1 Å². The molecular weight excluding hydrogens is 302 g/mol. The summed E-state index contributed by atoms with van der Waals surface area (Å²) in [7, 11) is 0. The molecule has 0 saturated carbocycles. The van der Waals surface area contributed by atoms with Gasteiger partial charge in [0.05, 0.1) is 5.69 Å². The monoisotopic (exact) mass is 321 g/mol. The van der Waals surface area contributed by atoms with Crippen LogP contribution in [0.5, 0.6) is 0 Å². The van der Waals surface area contributed by atoms with Gasteiger partial charge in [0.25, 0.3) is 0 Å². The van der Waals surface area contributed by atoms with Crippen LogP contribution in [-0.2, 0) is 6.42 Å². The van der Waals surface area contributed by atoms with Crippen molar-refractivity contribution >= 4 is 17.5 Å². The first kappa shape index (κ1) is 14.4. The quantitative estimate of drug-likeness (QED) is 0.568. The van der Waals surface area contributed by atoms with E-state index in [1.807, 2.05) is 0 Å². The van der Waals surface area contributed by atoms with Crippen molar-refractivity contribution in [1.82, 2.24) is 0 Å². The number of hydrogen-bond acceptors (Lipinski definition) is 1. The molecule has 3 aromatic carbocycles. The van der Waals surface area contributed by atoms with Gasteiger partial charge in [-0.05, 0) is 40.3 Å². The van der Waals surface area contributed by atoms with E-state index in [4.69, 9.17) is 4.99 Å². The topological polar surface area (TPSA) is 12.4 Å². The maximum Gasteiger partial charge on any atom is 0.0664 e. The zero-order valence-electron chi connectivity index (χ0n) is 14.0. The second-order valence-corrected chi connectivity index (χ2v) is 6.77. The molecule has 0 fully saturated rings. The summed E-state index contributed by atoms with van der Waals surface area (Å²) in [6.07, 6.45) is 5.58. The summed E-state index contributed by atoms with van der Waals surface area (Å²) in [4.78, 5) is 4.70. The van der Waals surface area contributed by atoms with Crippen molar-refractivity contribution in [2.45, 2.75) is 18.3 Å². The molecule has 0 radical (unpaired) electrons. The molecule has 3 aromatic rings. The second-order valence-electron chi connectivity index (χ2n) is 6.77. The van der Waals surface area contributed by atoms with Crippen molar-refractivity contribution in [3.8, 4) is 0 Å². The molecule has 0 spiro atoms. The molecule has 2 unspecified atom stereocenters. The molecule has 1 aliphatic heterocycles. The van der Waals surface area contributed by atoms with Gasteiger partial charge in [0.15, 0.2) is 0 Å². The summed E-state index contributed by atoms with van der Waals surface area (Å²) in [6.45, 7) is 0. The maximum absolute atomic E-state index is 4.70. The van der Waals surface area contributed by atoms with Crippen LogP contribution in [0.4, 0.5) is 5.69 Å². The smallest absolute Gasteiger partial charge is 0.0664 e. The van der Waals surface area contributed by atoms with Crippen LogP contribution in [-0.4, -0.2) is 6.21 Å². The van der Waals surface area contributed by atoms with E-state index in [2.05, 4.69) is 91.2 Å². The van der Waals surface area contributed by atoms with Gasteiger partial charge < -0.3 is 0 Å². The summed E-state index contributed by atoms with van der Waals surface area (Å²) < 4.78 is 0. The van der Waals surface area contributed by atoms with Gasteiger partial charge in [-0.3, -0.25) is 4.99 Å². The standard InChI is InChI=1S/C24H19N/c1-2-9-18(10-3-1)24(21-15-14-17-8-4-5-11-19(17)21)22-16-25-23-13-7-6-12-20(22)23/h1-13,15-16,22,24H,14H2. The Morgan fingerprint density at radius 3 is 2.48 bits per heavy atom. The molecule has 0 N–H and O–H groups in total. The highest BCUT2D eigenvalue weighted by atomic mass is 14.8. The Balaban J connectivity index is 1.66. The fraction of sp³-hybridized carbons (Fsp3) is 0.125. The number of hydrogen-bond donors (Lipinski definition) is 0. The summed E-state index contributed by atoms with van der Waals surface area (Å²) in [6, 6.07) is 28.2. The lowest BCUT2D eigenvalue weighted by Gasteiger charge is -2.26. The van der Waals surface area contributed by atoms with Gasteiger partial charge in [-0.2, -0.15) is 0 Å². The molecule has 2 aliphatic rings. The minimum Gasteiger partial charge on any atom is -0.260 e. The third-order valence-electron chi connectivity index (χ3n) is 5.39. The lowest BCUT2D eigenvalue weighted by atomic mass is 9.76. The molecule has 1 nitrogen and oxygen atoms in total. The van der Waals surface area contributed by atoms with E-state index < -0.39 is 0 Å². The van der Waals surface area contributed by atoms with Crippen molar-refractivity contribution < 1.29 is 0 Å². The largest absolute Gasteiger partial charge is 0.260 e. The Labute approximate surface area is 148 Å². The number of allylic oxidation sites excluding steroid dienone is 2. The normalized spacial score (nSPS) is 18.6. The molecule has 5 rings (SSSR count). The predicted octanol–water partition coefficient (Wildman–Crippen LogP) is 5.91. The van der Waals surface area contributed by atoms with Crippen LogP contribution < -0.4 is 0 Å². The minimum atomic E-state index is 0.288. The first-order chi connectivity index (χ1) is 12.4. The van der Waals surface area contributed by atoms with E-state index in [9.17, 15) is 0 Å². The summed E-state index contributed by atoms with van der Waals surface area (Å²) >= 11 is 0. The van der Waals surface area contributed by atoms with Gasteiger partial charge >= 0.3 is 0 Å². The van der Waals surface area contributed by atoms with Gasteiger partial charge in [-0.1, -0.05) is 78.9 Å². The van der Waals surface area contributed by atoms with Gasteiger partial charge in [0, 0.05) is 18.1 Å². The third-order valence-corrected chi connectivity index (χ3v) is 5.39. The molecule has 0 saturated heterocycles. The van der Waals surface area contributed by atoms with Crippen molar-refractivity contribution in [2.24, 2.45) is 4.99 Å². The van der Waals surface area contributed by atoms with Crippen molar-refractivity contribution in [3.63, 3.8) is 0 Å². The molecule has 0 bridgehead atoms. The first-order valence-corrected chi connectivity index (χ1v) is 8.88. The highest BCUT2D eigenvalue weighted by Crippen LogP contribution is 2.49. The Morgan fingerprint density at radius 2 is 1.56 bits per heavy atom. The van der Waals surface area contributed by atoms with Crippen LogP contribution in [0.25, 0.3) is 5.57 Å². The Kier molecular flexibility index (Phi) is 3.38. The average molecular weight is 321 g/mol. The number of rotatable bonds is 3. The lowest BCUT2D eigenvalue weighted by molar-refractivity contribution is 0.814. The average Bonchev–Trinajstić information content (AvgIpc) is 3.29. The van der Waals surface area contributed by atoms with Crippen molar-refractivity contribution in [3.05, 3.63) is 107 Å². The fourth-order valence-corrected chi connectivity index (χ4v) is 4.24. The van der Waals surface area contributed by atoms with Crippen molar-refractivity contribution in [2.75, 3.05) is 0 Å². The Hall–Kier alpha value is -2.93. The van der Waals surface area contributed by atoms with Crippen LogP contribution in [0, 0.1) is 0 Å². The van der Waals surface area contributed by atoms with E-state index in [0.29, 0.717) is 5.92 Å². The molecular formula is C24H19N. The van der Waals surface area contributed by atoms with Gasteiger partial charge in [0.2, 0.25) is 0 Å². The molecule has 25 heavy (non-hydrogen) atoms. The fourth-order valence-electron chi connectivity index (χ4n) is 4.24. The lowest BCUT2D eigenvalue weighted by Crippen LogP contribution is -2.12. The van der Waals surface area contributed by atoms with Crippen LogP contribution in [0.3, 0.4) is 0 Å². The number of nitrogens with zero attached hydrogens (tertiary/aromatic N) is 1. The van der Waals surface area contributed by atoms with Gasteiger partial charge in [0.1, 0.15) is 0 Å². The molecule has 1 aliphatic carbocycles. The molecule has 120 valence electrons. The minimum absolute atomic E-state index is 0.288. The number of para-hydroxylation sites is 1. The second kappa shape index (κ2) is 5.86. The molecule has 0 amide bonds. The zero-order valence-corrected chi connectivity index (χ0v) is 14.0. The van der Waals surface area contributed by atoms with Gasteiger partial charge in [-0.25, -0.2) is 0 Å². The highest BCUT2D eigenvalue weighted by Gasteiger charge is 2.33. The molecule has 1 heteroatoms. The van der Waals surface area contributed by atoms with Gasteiger partial charge in [-0.15, -0.1) is 0 Å². The third kappa shape index (κ3) is 2.35. The Morgan fingerprint density at radius 1 is 0.800 bits per heavy atom. The number of benzene rings is 3. The van der Waals surface area contributed by atoms with Crippen LogP contribution in [0.2, 0.25) is 0 Å². The predicted molar refractivity (Wildman–Crippen MR) is 105 cm³/mol. The maximum atomic E-state index is 4.70. The Bertz CT molecular complexity index is 982. The van der Waals surface area contributed by atoms with E-state index in [-0.39, 0.29) is 5.92 Å². The molecule has 0 aromatic heterocycles. The van der Waals surface area contributed by atoms with E-state index in [1.165, 1.54) is 27.8 Å². The van der Waals surface area contributed by atoms with E-state index >= 15 is 0 Å². The summed E-state index contributed by atoms with van der Waals surface area (Å²) in [5.74, 6) is 0.591. The van der Waals surface area contributed by atoms with E-state index in [1.54, 1.807) is 0 Å². The first-order valence-electron chi connectivity index (χ1n) is 8.88. The number of aliphatic imine (C=N–C) groups is 1. The number of fused-ring (bicyclic) bond motifs is 2. The van der Waals surface area contributed by atoms with Crippen LogP contribution >= 0.6 is 0 Å². The summed E-state index contributed by atoms with van der Waals surface area (Å²) in [5.41, 5.74) is 8.08. The highest BCUT2D eigenvalue weighted by molar-refractivity contribution is 5.88. The zero-order chi connectivity index (χ0) is 16.6. The van der Waals surface area contributed by atoms with Crippen LogP contribution in [0.1, 0.15) is 34.1 Å². The molecule has 1 heterocycles. The van der Waals surface area contributed by atoms with Crippen LogP contribution in [0.15, 0.2) is 89.9 Å². The molecule has 2 atom stereocenters. The SMILES string of the molecule is C1=Nc2ccccc2C1C(C1=CCc2ccccc21)c1ccccc1. The summed E-state index contributed by atoms with van der Waals surface area (Å²) in [5, 5.41) is 0. The van der Waals surface area contributed by atoms with Crippen molar-refractivity contribution in [1.29, 1.82) is 0 Å².